The van der Waals surface area contributed by atoms with Crippen LogP contribution in [0.3, 0.4) is 0 Å². The van der Waals surface area contributed by atoms with Gasteiger partial charge in [-0.1, -0.05) is 6.92 Å². The molecule has 2 unspecified atom stereocenters. The van der Waals surface area contributed by atoms with Gasteiger partial charge in [0.05, 0.1) is 11.8 Å². The summed E-state index contributed by atoms with van der Waals surface area (Å²) in [7, 11) is 0. The van der Waals surface area contributed by atoms with Gasteiger partial charge in [-0.05, 0) is 42.7 Å². The van der Waals surface area contributed by atoms with Gasteiger partial charge in [0, 0.05) is 31.0 Å². The lowest BCUT2D eigenvalue weighted by Gasteiger charge is -2.34. The molecule has 5 heteroatoms. The van der Waals surface area contributed by atoms with Crippen LogP contribution in [-0.4, -0.2) is 39.7 Å². The minimum Gasteiger partial charge on any atom is -0.391 e. The van der Waals surface area contributed by atoms with Crippen molar-refractivity contribution in [3.63, 3.8) is 0 Å². The van der Waals surface area contributed by atoms with Gasteiger partial charge in [0.2, 0.25) is 0 Å². The number of halogens is 1. The first-order valence-corrected chi connectivity index (χ1v) is 7.46. The molecule has 2 heterocycles. The normalized spacial score (nSPS) is 21.9. The number of aromatic nitrogens is 1. The molecule has 2 atom stereocenters. The van der Waals surface area contributed by atoms with E-state index < -0.39 is 11.9 Å². The zero-order valence-electron chi connectivity index (χ0n) is 12.4. The van der Waals surface area contributed by atoms with Crippen LogP contribution < -0.4 is 0 Å². The Hall–Kier alpha value is -2.14. The molecular weight excluding hydrogens is 283 g/mol. The molecule has 1 aliphatic heterocycles. The van der Waals surface area contributed by atoms with E-state index in [1.165, 1.54) is 6.07 Å². The number of hydrogen-bond acceptors (Lipinski definition) is 2. The maximum atomic E-state index is 14.2. The third-order valence-corrected chi connectivity index (χ3v) is 4.28. The average molecular weight is 302 g/mol. The van der Waals surface area contributed by atoms with Crippen LogP contribution in [0.1, 0.15) is 23.7 Å². The summed E-state index contributed by atoms with van der Waals surface area (Å²) >= 11 is 0. The molecule has 1 amide bonds. The number of carbonyl (C=O) groups excluding carboxylic acids is 1. The summed E-state index contributed by atoms with van der Waals surface area (Å²) in [6.07, 6.45) is 3.75. The Morgan fingerprint density at radius 3 is 2.68 bits per heavy atom. The van der Waals surface area contributed by atoms with Crippen molar-refractivity contribution in [3.05, 3.63) is 54.1 Å². The van der Waals surface area contributed by atoms with Crippen molar-refractivity contribution >= 4 is 5.91 Å². The molecule has 1 N–H and O–H groups in total. The van der Waals surface area contributed by atoms with Gasteiger partial charge in [-0.25, -0.2) is 4.39 Å². The van der Waals surface area contributed by atoms with E-state index in [9.17, 15) is 14.3 Å². The van der Waals surface area contributed by atoms with E-state index in [4.69, 9.17) is 0 Å². The summed E-state index contributed by atoms with van der Waals surface area (Å²) in [6.45, 7) is 2.87. The summed E-state index contributed by atoms with van der Waals surface area (Å²) in [6, 6.07) is 8.13. The standard InChI is InChI=1S/C17H19FN2O2/c1-12-6-9-20(11-16(12)21)17(22)13-4-5-15(14(18)10-13)19-7-2-3-8-19/h2-5,7-8,10,12,16,21H,6,9,11H2,1H3. The predicted molar refractivity (Wildman–Crippen MR) is 81.4 cm³/mol. The summed E-state index contributed by atoms with van der Waals surface area (Å²) in [5, 5.41) is 9.90. The van der Waals surface area contributed by atoms with Crippen LogP contribution >= 0.6 is 0 Å². The molecule has 0 saturated carbocycles. The largest absolute Gasteiger partial charge is 0.391 e. The van der Waals surface area contributed by atoms with Gasteiger partial charge in [-0.15, -0.1) is 0 Å². The molecule has 0 radical (unpaired) electrons. The van der Waals surface area contributed by atoms with E-state index in [2.05, 4.69) is 0 Å². The molecule has 1 aromatic carbocycles. The molecule has 3 rings (SSSR count). The molecule has 4 nitrogen and oxygen atoms in total. The van der Waals surface area contributed by atoms with E-state index in [0.717, 1.165) is 6.42 Å². The lowest BCUT2D eigenvalue weighted by molar-refractivity contribution is 0.0248. The first kappa shape index (κ1) is 14.8. The van der Waals surface area contributed by atoms with Gasteiger partial charge in [0.25, 0.3) is 5.91 Å². The fourth-order valence-corrected chi connectivity index (χ4v) is 2.76. The third-order valence-electron chi connectivity index (χ3n) is 4.28. The number of rotatable bonds is 2. The molecular formula is C17H19FN2O2. The first-order chi connectivity index (χ1) is 10.6. The van der Waals surface area contributed by atoms with Gasteiger partial charge >= 0.3 is 0 Å². The lowest BCUT2D eigenvalue weighted by atomic mass is 9.95. The smallest absolute Gasteiger partial charge is 0.254 e. The third kappa shape index (κ3) is 2.76. The quantitative estimate of drug-likeness (QED) is 0.926. The Bertz CT molecular complexity index is 669. The van der Waals surface area contributed by atoms with E-state index in [-0.39, 0.29) is 11.8 Å². The minimum absolute atomic E-state index is 0.192. The zero-order valence-corrected chi connectivity index (χ0v) is 12.4. The summed E-state index contributed by atoms with van der Waals surface area (Å²) in [5.41, 5.74) is 0.726. The van der Waals surface area contributed by atoms with Crippen LogP contribution in [0.25, 0.3) is 5.69 Å². The number of aliphatic hydroxyl groups is 1. The van der Waals surface area contributed by atoms with Crippen LogP contribution in [0, 0.1) is 11.7 Å². The second-order valence-electron chi connectivity index (χ2n) is 5.84. The van der Waals surface area contributed by atoms with Crippen molar-refractivity contribution in [2.24, 2.45) is 5.92 Å². The van der Waals surface area contributed by atoms with Gasteiger partial charge in [-0.3, -0.25) is 4.79 Å². The highest BCUT2D eigenvalue weighted by molar-refractivity contribution is 5.94. The number of aliphatic hydroxyl groups excluding tert-OH is 1. The van der Waals surface area contributed by atoms with Crippen molar-refractivity contribution in [2.45, 2.75) is 19.4 Å². The topological polar surface area (TPSA) is 45.5 Å². The van der Waals surface area contributed by atoms with E-state index in [1.807, 2.05) is 19.1 Å². The van der Waals surface area contributed by atoms with Crippen molar-refractivity contribution in [3.8, 4) is 5.69 Å². The van der Waals surface area contributed by atoms with Crippen LogP contribution in [0.4, 0.5) is 4.39 Å². The molecule has 22 heavy (non-hydrogen) atoms. The Morgan fingerprint density at radius 1 is 1.32 bits per heavy atom. The number of likely N-dealkylation sites (tertiary alicyclic amines) is 1. The number of β-amino-alcohol motifs (C(OH)–C–C–N with tert-alkyl or cyclic N) is 1. The summed E-state index contributed by atoms with van der Waals surface area (Å²) < 4.78 is 15.9. The number of amides is 1. The highest BCUT2D eigenvalue weighted by atomic mass is 19.1. The highest BCUT2D eigenvalue weighted by Crippen LogP contribution is 2.21. The first-order valence-electron chi connectivity index (χ1n) is 7.46. The van der Waals surface area contributed by atoms with Crippen molar-refractivity contribution in [2.75, 3.05) is 13.1 Å². The van der Waals surface area contributed by atoms with Gasteiger partial charge in [0.1, 0.15) is 5.82 Å². The van der Waals surface area contributed by atoms with Crippen LogP contribution in [0.5, 0.6) is 0 Å². The number of hydrogen-bond donors (Lipinski definition) is 1. The van der Waals surface area contributed by atoms with Crippen LogP contribution in [-0.2, 0) is 0 Å². The fraction of sp³-hybridized carbons (Fsp3) is 0.353. The molecule has 0 bridgehead atoms. The highest BCUT2D eigenvalue weighted by Gasteiger charge is 2.28. The Morgan fingerprint density at radius 2 is 2.05 bits per heavy atom. The molecule has 1 fully saturated rings. The fourth-order valence-electron chi connectivity index (χ4n) is 2.76. The number of nitrogens with zero attached hydrogens (tertiary/aromatic N) is 2. The molecule has 0 spiro atoms. The lowest BCUT2D eigenvalue weighted by Crippen LogP contribution is -2.45. The molecule has 1 saturated heterocycles. The second kappa shape index (κ2) is 5.93. The molecule has 116 valence electrons. The van der Waals surface area contributed by atoms with Crippen LogP contribution in [0.2, 0.25) is 0 Å². The van der Waals surface area contributed by atoms with E-state index >= 15 is 0 Å². The maximum Gasteiger partial charge on any atom is 0.254 e. The zero-order chi connectivity index (χ0) is 15.7. The SMILES string of the molecule is CC1CCN(C(=O)c2ccc(-n3cccc3)c(F)c2)CC1O. The number of piperidine rings is 1. The van der Waals surface area contributed by atoms with E-state index in [1.54, 1.807) is 34.0 Å². The Balaban J connectivity index is 1.80. The average Bonchev–Trinajstić information content (AvgIpc) is 3.03. The van der Waals surface area contributed by atoms with Crippen molar-refractivity contribution in [1.29, 1.82) is 0 Å². The number of benzene rings is 1. The van der Waals surface area contributed by atoms with Crippen molar-refractivity contribution < 1.29 is 14.3 Å². The van der Waals surface area contributed by atoms with Crippen LogP contribution in [0.15, 0.2) is 42.7 Å². The van der Waals surface area contributed by atoms with E-state index in [0.29, 0.717) is 24.3 Å². The Kier molecular flexibility index (Phi) is 3.98. The molecule has 0 aliphatic carbocycles. The maximum absolute atomic E-state index is 14.2. The second-order valence-corrected chi connectivity index (χ2v) is 5.84. The minimum atomic E-state index is -0.512. The van der Waals surface area contributed by atoms with Gasteiger partial charge < -0.3 is 14.6 Å². The predicted octanol–water partition coefficient (Wildman–Crippen LogP) is 2.46. The molecule has 1 aromatic heterocycles. The molecule has 1 aliphatic rings. The number of carbonyl (C=O) groups is 1. The van der Waals surface area contributed by atoms with Gasteiger partial charge in [0.15, 0.2) is 0 Å². The molecule has 2 aromatic rings. The summed E-state index contributed by atoms with van der Waals surface area (Å²) in [4.78, 5) is 14.0. The monoisotopic (exact) mass is 302 g/mol. The Labute approximate surface area is 128 Å². The summed E-state index contributed by atoms with van der Waals surface area (Å²) in [5.74, 6) is -0.478. The van der Waals surface area contributed by atoms with Gasteiger partial charge in [-0.2, -0.15) is 0 Å². The van der Waals surface area contributed by atoms with Crippen molar-refractivity contribution in [1.82, 2.24) is 9.47 Å².